The summed E-state index contributed by atoms with van der Waals surface area (Å²) < 4.78 is 23.1. The van der Waals surface area contributed by atoms with Crippen molar-refractivity contribution in [2.75, 3.05) is 11.9 Å². The standard InChI is InChI=1S/C19H22N4O3S2/c1-5-6-7-16(21-3)15-10-8-14(9-11-15)12-17(24)23(4)19-22-13(2)18(27-19)28(20,25)26/h5-11H,3,12H2,1-2,4H3,(H2,20,25,26)/b6-5-,16-7-. The molecule has 0 fully saturated rings. The number of aliphatic imine (C=N–C) groups is 1. The quantitative estimate of drug-likeness (QED) is 0.551. The van der Waals surface area contributed by atoms with Crippen LogP contribution in [0.1, 0.15) is 23.7 Å². The second-order valence-corrected chi connectivity index (χ2v) is 8.71. The smallest absolute Gasteiger partial charge is 0.249 e. The van der Waals surface area contributed by atoms with E-state index in [1.54, 1.807) is 14.0 Å². The molecule has 2 rings (SSSR count). The van der Waals surface area contributed by atoms with Gasteiger partial charge in [-0.2, -0.15) is 0 Å². The summed E-state index contributed by atoms with van der Waals surface area (Å²) in [5, 5.41) is 5.46. The van der Waals surface area contributed by atoms with Crippen LogP contribution in [-0.4, -0.2) is 33.1 Å². The lowest BCUT2D eigenvalue weighted by Crippen LogP contribution is -2.27. The van der Waals surface area contributed by atoms with E-state index >= 15 is 0 Å². The van der Waals surface area contributed by atoms with E-state index in [4.69, 9.17) is 5.14 Å². The normalized spacial score (nSPS) is 12.4. The van der Waals surface area contributed by atoms with Gasteiger partial charge in [0.25, 0.3) is 0 Å². The number of nitrogens with zero attached hydrogens (tertiary/aromatic N) is 3. The van der Waals surface area contributed by atoms with Gasteiger partial charge in [-0.1, -0.05) is 47.8 Å². The molecule has 2 aromatic rings. The summed E-state index contributed by atoms with van der Waals surface area (Å²) in [5.74, 6) is -0.214. The van der Waals surface area contributed by atoms with E-state index in [2.05, 4.69) is 16.7 Å². The first-order valence-electron chi connectivity index (χ1n) is 8.33. The summed E-state index contributed by atoms with van der Waals surface area (Å²) >= 11 is 0.878. The van der Waals surface area contributed by atoms with Crippen LogP contribution in [0.3, 0.4) is 0 Å². The second-order valence-electron chi connectivity index (χ2n) is 5.98. The number of benzene rings is 1. The highest BCUT2D eigenvalue weighted by atomic mass is 32.2. The van der Waals surface area contributed by atoms with Gasteiger partial charge >= 0.3 is 0 Å². The highest BCUT2D eigenvalue weighted by molar-refractivity contribution is 7.91. The van der Waals surface area contributed by atoms with Crippen molar-refractivity contribution in [1.29, 1.82) is 0 Å². The number of likely N-dealkylation sites (N-methyl/N-ethyl adjacent to an activating group) is 1. The third kappa shape index (κ3) is 5.22. The molecule has 1 aromatic carbocycles. The third-order valence-electron chi connectivity index (χ3n) is 3.88. The predicted octanol–water partition coefficient (Wildman–Crippen LogP) is 2.92. The molecule has 0 spiro atoms. The molecule has 1 aromatic heterocycles. The number of sulfonamides is 1. The Morgan fingerprint density at radius 1 is 1.36 bits per heavy atom. The van der Waals surface area contributed by atoms with E-state index in [9.17, 15) is 13.2 Å². The number of aryl methyl sites for hydroxylation is 1. The lowest BCUT2D eigenvalue weighted by molar-refractivity contribution is -0.117. The summed E-state index contributed by atoms with van der Waals surface area (Å²) in [5.41, 5.74) is 2.73. The highest BCUT2D eigenvalue weighted by Crippen LogP contribution is 2.28. The van der Waals surface area contributed by atoms with Crippen molar-refractivity contribution in [3.05, 3.63) is 59.3 Å². The summed E-state index contributed by atoms with van der Waals surface area (Å²) in [7, 11) is -2.30. The maximum atomic E-state index is 12.6. The van der Waals surface area contributed by atoms with Crippen LogP contribution in [0.25, 0.3) is 5.70 Å². The minimum absolute atomic E-state index is 0.0381. The molecule has 0 bridgehead atoms. The molecular weight excluding hydrogens is 396 g/mol. The SMILES string of the molecule is C=N/C(=C\C=C/C)c1ccc(CC(=O)N(C)c2nc(C)c(S(N)(=O)=O)s2)cc1. The maximum absolute atomic E-state index is 12.6. The van der Waals surface area contributed by atoms with Gasteiger partial charge < -0.3 is 0 Å². The van der Waals surface area contributed by atoms with E-state index in [1.807, 2.05) is 49.4 Å². The van der Waals surface area contributed by atoms with Crippen molar-refractivity contribution >= 4 is 44.8 Å². The van der Waals surface area contributed by atoms with Crippen molar-refractivity contribution < 1.29 is 13.2 Å². The molecule has 9 heteroatoms. The Kier molecular flexibility index (Phi) is 7.00. The molecule has 0 atom stereocenters. The van der Waals surface area contributed by atoms with Crippen LogP contribution in [0.4, 0.5) is 5.13 Å². The van der Waals surface area contributed by atoms with E-state index < -0.39 is 10.0 Å². The summed E-state index contributed by atoms with van der Waals surface area (Å²) in [6, 6.07) is 7.44. The average Bonchev–Trinajstić information content (AvgIpc) is 3.05. The van der Waals surface area contributed by atoms with Crippen LogP contribution in [-0.2, 0) is 21.2 Å². The van der Waals surface area contributed by atoms with Crippen molar-refractivity contribution in [3.63, 3.8) is 0 Å². The first kappa shape index (κ1) is 21.7. The maximum Gasteiger partial charge on any atom is 0.249 e. The summed E-state index contributed by atoms with van der Waals surface area (Å²) in [4.78, 5) is 22.0. The largest absolute Gasteiger partial charge is 0.291 e. The Bertz CT molecular complexity index is 1040. The number of rotatable bonds is 7. The molecule has 0 radical (unpaired) electrons. The number of nitrogens with two attached hydrogens (primary N) is 1. The van der Waals surface area contributed by atoms with Crippen LogP contribution >= 0.6 is 11.3 Å². The van der Waals surface area contributed by atoms with Gasteiger partial charge in [0, 0.05) is 12.6 Å². The third-order valence-corrected chi connectivity index (χ3v) is 6.67. The predicted molar refractivity (Wildman–Crippen MR) is 114 cm³/mol. The Hall–Kier alpha value is -2.62. The molecule has 0 aliphatic carbocycles. The van der Waals surface area contributed by atoms with Gasteiger partial charge in [0.05, 0.1) is 17.8 Å². The Labute approximate surface area is 169 Å². The van der Waals surface area contributed by atoms with E-state index in [-0.39, 0.29) is 27.4 Å². The van der Waals surface area contributed by atoms with Crippen LogP contribution in [0.2, 0.25) is 0 Å². The van der Waals surface area contributed by atoms with Crippen LogP contribution < -0.4 is 10.0 Å². The van der Waals surface area contributed by atoms with E-state index in [0.29, 0.717) is 0 Å². The number of primary sulfonamides is 1. The number of hydrogen-bond acceptors (Lipinski definition) is 6. The van der Waals surface area contributed by atoms with Crippen molar-refractivity contribution in [2.24, 2.45) is 10.1 Å². The molecule has 0 saturated carbocycles. The number of hydrogen-bond donors (Lipinski definition) is 1. The fraction of sp³-hybridized carbons (Fsp3) is 0.211. The minimum atomic E-state index is -3.86. The lowest BCUT2D eigenvalue weighted by atomic mass is 10.1. The molecule has 148 valence electrons. The van der Waals surface area contributed by atoms with Crippen molar-refractivity contribution in [1.82, 2.24) is 4.98 Å². The Balaban J connectivity index is 2.15. The number of amides is 1. The average molecular weight is 419 g/mol. The van der Waals surface area contributed by atoms with Gasteiger partial charge in [0.2, 0.25) is 15.9 Å². The monoisotopic (exact) mass is 418 g/mol. The van der Waals surface area contributed by atoms with Crippen molar-refractivity contribution in [3.8, 4) is 0 Å². The first-order valence-corrected chi connectivity index (χ1v) is 10.7. The number of thiazole rings is 1. The number of anilines is 1. The van der Waals surface area contributed by atoms with Crippen molar-refractivity contribution in [2.45, 2.75) is 24.5 Å². The molecule has 0 aliphatic rings. The zero-order chi connectivity index (χ0) is 20.9. The summed E-state index contributed by atoms with van der Waals surface area (Å²) in [6.45, 7) is 7.03. The van der Waals surface area contributed by atoms with E-state index in [1.165, 1.54) is 4.90 Å². The highest BCUT2D eigenvalue weighted by Gasteiger charge is 2.22. The van der Waals surface area contributed by atoms with Gasteiger partial charge in [0.1, 0.15) is 0 Å². The number of carbonyl (C=O) groups is 1. The molecule has 1 heterocycles. The molecule has 0 aliphatic heterocycles. The number of aromatic nitrogens is 1. The van der Waals surface area contributed by atoms with Gasteiger partial charge in [-0.15, -0.1) is 0 Å². The zero-order valence-electron chi connectivity index (χ0n) is 15.9. The first-order chi connectivity index (χ1) is 13.2. The van der Waals surface area contributed by atoms with E-state index in [0.717, 1.165) is 28.2 Å². The molecular formula is C19H22N4O3S2. The molecule has 1 amide bonds. The molecule has 0 unspecified atom stereocenters. The number of carbonyl (C=O) groups excluding carboxylic acids is 1. The van der Waals surface area contributed by atoms with Gasteiger partial charge in [0.15, 0.2) is 9.34 Å². The van der Waals surface area contributed by atoms with Crippen LogP contribution in [0.15, 0.2) is 51.7 Å². The fourth-order valence-corrected chi connectivity index (χ4v) is 4.32. The fourth-order valence-electron chi connectivity index (χ4n) is 2.40. The molecule has 2 N–H and O–H groups in total. The number of allylic oxidation sites excluding steroid dienone is 3. The summed E-state index contributed by atoms with van der Waals surface area (Å²) in [6.07, 6.45) is 5.78. The van der Waals surface area contributed by atoms with Crippen LogP contribution in [0.5, 0.6) is 0 Å². The molecule has 0 saturated heterocycles. The lowest BCUT2D eigenvalue weighted by Gasteiger charge is -2.14. The van der Waals surface area contributed by atoms with Gasteiger partial charge in [-0.05, 0) is 32.2 Å². The Morgan fingerprint density at radius 3 is 2.50 bits per heavy atom. The topological polar surface area (TPSA) is 106 Å². The van der Waals surface area contributed by atoms with Crippen LogP contribution in [0, 0.1) is 6.92 Å². The zero-order valence-corrected chi connectivity index (χ0v) is 17.5. The molecule has 28 heavy (non-hydrogen) atoms. The van der Waals surface area contributed by atoms with Gasteiger partial charge in [-0.25, -0.2) is 18.5 Å². The molecule has 7 nitrogen and oxygen atoms in total. The van der Waals surface area contributed by atoms with Gasteiger partial charge in [-0.3, -0.25) is 14.7 Å². The second kappa shape index (κ2) is 9.05. The Morgan fingerprint density at radius 2 is 2.00 bits per heavy atom. The minimum Gasteiger partial charge on any atom is -0.291 e.